The highest BCUT2D eigenvalue weighted by atomic mass is 16.5. The molecule has 1 saturated heterocycles. The number of aliphatic hydroxyl groups excluding tert-OH is 1. The van der Waals surface area contributed by atoms with Gasteiger partial charge in [-0.3, -0.25) is 9.69 Å². The summed E-state index contributed by atoms with van der Waals surface area (Å²) in [6.07, 6.45) is 0. The van der Waals surface area contributed by atoms with Gasteiger partial charge in [0.1, 0.15) is 6.04 Å². The fraction of sp³-hybridized carbons (Fsp3) is 0.909. The van der Waals surface area contributed by atoms with E-state index in [4.69, 9.17) is 9.84 Å². The normalized spacial score (nSPS) is 21.5. The Morgan fingerprint density at radius 2 is 2.29 bits per heavy atom. The van der Waals surface area contributed by atoms with Gasteiger partial charge in [-0.15, -0.1) is 0 Å². The second-order valence-corrected chi connectivity index (χ2v) is 4.32. The predicted molar refractivity (Wildman–Crippen MR) is 64.8 cm³/mol. The maximum Gasteiger partial charge on any atom is 0.240 e. The van der Waals surface area contributed by atoms with Gasteiger partial charge in [-0.25, -0.2) is 0 Å². The molecule has 0 aromatic heterocycles. The van der Waals surface area contributed by atoms with Crippen LogP contribution in [0.25, 0.3) is 0 Å². The summed E-state index contributed by atoms with van der Waals surface area (Å²) in [6, 6.07) is -0.100. The van der Waals surface area contributed by atoms with Gasteiger partial charge in [0.15, 0.2) is 0 Å². The van der Waals surface area contributed by atoms with Crippen LogP contribution in [0.1, 0.15) is 0 Å². The van der Waals surface area contributed by atoms with Crippen LogP contribution in [0, 0.1) is 0 Å². The lowest BCUT2D eigenvalue weighted by Crippen LogP contribution is -2.58. The van der Waals surface area contributed by atoms with E-state index in [9.17, 15) is 4.79 Å². The molecule has 1 fully saturated rings. The van der Waals surface area contributed by atoms with Crippen molar-refractivity contribution in [3.63, 3.8) is 0 Å². The summed E-state index contributed by atoms with van der Waals surface area (Å²) in [7, 11) is 3.55. The quantitative estimate of drug-likeness (QED) is 0.549. The Hall–Kier alpha value is -0.690. The first-order chi connectivity index (χ1) is 8.16. The van der Waals surface area contributed by atoms with E-state index in [1.54, 1.807) is 19.0 Å². The minimum absolute atomic E-state index is 0.0433. The molecule has 1 atom stereocenters. The molecule has 0 aliphatic carbocycles. The first-order valence-electron chi connectivity index (χ1n) is 6.01. The maximum absolute atomic E-state index is 12.0. The summed E-state index contributed by atoms with van der Waals surface area (Å²) < 4.78 is 5.24. The van der Waals surface area contributed by atoms with E-state index in [2.05, 4.69) is 10.2 Å². The molecule has 1 heterocycles. The van der Waals surface area contributed by atoms with Crippen molar-refractivity contribution >= 4 is 5.91 Å². The SMILES string of the molecule is CN(C)C(=O)C1CNCCN1CCOCCO. The Morgan fingerprint density at radius 1 is 1.53 bits per heavy atom. The van der Waals surface area contributed by atoms with Crippen LogP contribution in [-0.4, -0.2) is 87.0 Å². The summed E-state index contributed by atoms with van der Waals surface area (Å²) >= 11 is 0. The van der Waals surface area contributed by atoms with Crippen LogP contribution in [0.5, 0.6) is 0 Å². The summed E-state index contributed by atoms with van der Waals surface area (Å²) in [5.74, 6) is 0.124. The van der Waals surface area contributed by atoms with Gasteiger partial charge in [0.05, 0.1) is 19.8 Å². The standard InChI is InChI=1S/C11H23N3O3/c1-13(2)11(16)10-9-12-3-4-14(10)5-7-17-8-6-15/h10,12,15H,3-9H2,1-2H3. The molecule has 2 N–H and O–H groups in total. The van der Waals surface area contributed by atoms with Gasteiger partial charge in [-0.05, 0) is 0 Å². The van der Waals surface area contributed by atoms with Crippen molar-refractivity contribution in [3.05, 3.63) is 0 Å². The van der Waals surface area contributed by atoms with Crippen molar-refractivity contribution in [1.29, 1.82) is 0 Å². The number of nitrogens with one attached hydrogen (secondary N) is 1. The van der Waals surface area contributed by atoms with Gasteiger partial charge < -0.3 is 20.1 Å². The molecule has 1 amide bonds. The number of likely N-dealkylation sites (N-methyl/N-ethyl adjacent to an activating group) is 1. The highest BCUT2D eigenvalue weighted by molar-refractivity contribution is 5.81. The number of nitrogens with zero attached hydrogens (tertiary/aromatic N) is 2. The Labute approximate surface area is 103 Å². The third-order valence-corrected chi connectivity index (χ3v) is 2.84. The third kappa shape index (κ3) is 4.59. The Morgan fingerprint density at radius 3 is 2.94 bits per heavy atom. The lowest BCUT2D eigenvalue weighted by molar-refractivity contribution is -0.135. The van der Waals surface area contributed by atoms with Gasteiger partial charge >= 0.3 is 0 Å². The first kappa shape index (κ1) is 14.4. The molecule has 0 radical (unpaired) electrons. The lowest BCUT2D eigenvalue weighted by atomic mass is 10.1. The molecule has 1 aliphatic rings. The van der Waals surface area contributed by atoms with E-state index in [0.717, 1.165) is 19.6 Å². The minimum atomic E-state index is -0.100. The molecule has 1 unspecified atom stereocenters. The van der Waals surface area contributed by atoms with Crippen LogP contribution in [0.4, 0.5) is 0 Å². The molecule has 17 heavy (non-hydrogen) atoms. The molecule has 0 aromatic rings. The van der Waals surface area contributed by atoms with Crippen LogP contribution < -0.4 is 5.32 Å². The number of carbonyl (C=O) groups is 1. The summed E-state index contributed by atoms with van der Waals surface area (Å²) in [5, 5.41) is 11.8. The van der Waals surface area contributed by atoms with Crippen molar-refractivity contribution in [1.82, 2.24) is 15.1 Å². The number of piperazine rings is 1. The molecule has 0 bridgehead atoms. The molecule has 6 heteroatoms. The zero-order chi connectivity index (χ0) is 12.7. The molecule has 100 valence electrons. The molecule has 1 rings (SSSR count). The second kappa shape index (κ2) is 7.60. The van der Waals surface area contributed by atoms with Crippen molar-refractivity contribution in [2.24, 2.45) is 0 Å². The van der Waals surface area contributed by atoms with Crippen molar-refractivity contribution < 1.29 is 14.6 Å². The summed E-state index contributed by atoms with van der Waals surface area (Å²) in [5.41, 5.74) is 0. The predicted octanol–water partition coefficient (Wildman–Crippen LogP) is -1.64. The molecule has 0 spiro atoms. The monoisotopic (exact) mass is 245 g/mol. The number of carbonyl (C=O) groups excluding carboxylic acids is 1. The van der Waals surface area contributed by atoms with Gasteiger partial charge in [-0.2, -0.15) is 0 Å². The largest absolute Gasteiger partial charge is 0.394 e. The molecular weight excluding hydrogens is 222 g/mol. The zero-order valence-electron chi connectivity index (χ0n) is 10.7. The average Bonchev–Trinajstić information content (AvgIpc) is 2.34. The number of amides is 1. The van der Waals surface area contributed by atoms with Crippen molar-refractivity contribution in [2.45, 2.75) is 6.04 Å². The number of rotatable bonds is 6. The fourth-order valence-electron chi connectivity index (χ4n) is 1.90. The lowest BCUT2D eigenvalue weighted by Gasteiger charge is -2.36. The average molecular weight is 245 g/mol. The van der Waals surface area contributed by atoms with E-state index in [1.165, 1.54) is 0 Å². The van der Waals surface area contributed by atoms with E-state index in [-0.39, 0.29) is 18.6 Å². The highest BCUT2D eigenvalue weighted by Crippen LogP contribution is 2.05. The molecule has 6 nitrogen and oxygen atoms in total. The minimum Gasteiger partial charge on any atom is -0.394 e. The van der Waals surface area contributed by atoms with Crippen molar-refractivity contribution in [3.8, 4) is 0 Å². The van der Waals surface area contributed by atoms with Crippen LogP contribution in [-0.2, 0) is 9.53 Å². The zero-order valence-corrected chi connectivity index (χ0v) is 10.7. The second-order valence-electron chi connectivity index (χ2n) is 4.32. The molecule has 0 aromatic carbocycles. The first-order valence-corrected chi connectivity index (χ1v) is 6.01. The summed E-state index contributed by atoms with van der Waals surface area (Å²) in [4.78, 5) is 15.7. The number of aliphatic hydroxyl groups is 1. The van der Waals surface area contributed by atoms with Crippen molar-refractivity contribution in [2.75, 3.05) is 60.1 Å². The highest BCUT2D eigenvalue weighted by Gasteiger charge is 2.29. The number of ether oxygens (including phenoxy) is 1. The van der Waals surface area contributed by atoms with Crippen LogP contribution >= 0.6 is 0 Å². The number of hydrogen-bond acceptors (Lipinski definition) is 5. The smallest absolute Gasteiger partial charge is 0.240 e. The van der Waals surface area contributed by atoms with E-state index >= 15 is 0 Å². The Kier molecular flexibility index (Phi) is 6.43. The van der Waals surface area contributed by atoms with Gasteiger partial charge in [0.25, 0.3) is 0 Å². The third-order valence-electron chi connectivity index (χ3n) is 2.84. The Balaban J connectivity index is 2.40. The van der Waals surface area contributed by atoms with Crippen LogP contribution in [0.15, 0.2) is 0 Å². The van der Waals surface area contributed by atoms with E-state index in [0.29, 0.717) is 19.8 Å². The van der Waals surface area contributed by atoms with E-state index < -0.39 is 0 Å². The van der Waals surface area contributed by atoms with Gasteiger partial charge in [0, 0.05) is 40.3 Å². The number of hydrogen-bond donors (Lipinski definition) is 2. The van der Waals surface area contributed by atoms with E-state index in [1.807, 2.05) is 0 Å². The van der Waals surface area contributed by atoms with Gasteiger partial charge in [-0.1, -0.05) is 0 Å². The fourth-order valence-corrected chi connectivity index (χ4v) is 1.90. The summed E-state index contributed by atoms with van der Waals surface area (Å²) in [6.45, 7) is 4.13. The topological polar surface area (TPSA) is 65.0 Å². The molecule has 0 saturated carbocycles. The Bertz CT molecular complexity index is 236. The molecule has 1 aliphatic heterocycles. The van der Waals surface area contributed by atoms with Crippen LogP contribution in [0.2, 0.25) is 0 Å². The molecular formula is C11H23N3O3. The van der Waals surface area contributed by atoms with Gasteiger partial charge in [0.2, 0.25) is 5.91 Å². The maximum atomic E-state index is 12.0. The van der Waals surface area contributed by atoms with Crippen LogP contribution in [0.3, 0.4) is 0 Å².